The minimum Gasteiger partial charge on any atom is -0.385 e. The first-order valence-corrected chi connectivity index (χ1v) is 11.9. The molecule has 0 saturated carbocycles. The fourth-order valence-electron chi connectivity index (χ4n) is 3.66. The van der Waals surface area contributed by atoms with Crippen LogP contribution in [0.2, 0.25) is 15.1 Å². The number of aliphatic hydroxyl groups is 2. The second kappa shape index (κ2) is 10.5. The molecular formula is C23H19Cl3F3N5O3. The summed E-state index contributed by atoms with van der Waals surface area (Å²) in [4.78, 5) is 17.5. The van der Waals surface area contributed by atoms with Crippen LogP contribution in [-0.4, -0.2) is 46.4 Å². The maximum atomic E-state index is 13.2. The maximum absolute atomic E-state index is 13.2. The number of aliphatic hydroxyl groups excluding tert-OH is 2. The minimum atomic E-state index is -4.93. The van der Waals surface area contributed by atoms with E-state index in [0.717, 1.165) is 9.13 Å². The quantitative estimate of drug-likeness (QED) is 0.327. The van der Waals surface area contributed by atoms with Crippen molar-refractivity contribution in [2.24, 2.45) is 0 Å². The highest BCUT2D eigenvalue weighted by Crippen LogP contribution is 2.26. The number of hydrogen-bond acceptors (Lipinski definition) is 5. The number of alkyl halides is 3. The average molecular weight is 577 g/mol. The van der Waals surface area contributed by atoms with Crippen molar-refractivity contribution in [3.63, 3.8) is 0 Å². The normalized spacial score (nSPS) is 13.6. The van der Waals surface area contributed by atoms with Gasteiger partial charge in [-0.05, 0) is 42.8 Å². The average Bonchev–Trinajstić information content (AvgIpc) is 3.36. The molecule has 2 aromatic carbocycles. The first-order chi connectivity index (χ1) is 17.3. The molecule has 2 unspecified atom stereocenters. The predicted molar refractivity (Wildman–Crippen MR) is 132 cm³/mol. The number of imidazole rings is 1. The Bertz CT molecular complexity index is 1460. The molecular weight excluding hydrogens is 558 g/mol. The van der Waals surface area contributed by atoms with E-state index in [-0.39, 0.29) is 23.9 Å². The molecule has 2 N–H and O–H groups in total. The van der Waals surface area contributed by atoms with Crippen LogP contribution in [0.5, 0.6) is 0 Å². The SMILES string of the molecule is CC(O)c1nc(Cn2cc(-c3ccc(Cl)cc3)n(CC(O)C(F)(F)F)c2=O)nn1-c1cc(Cl)cc(Cl)c1. The van der Waals surface area contributed by atoms with Crippen molar-refractivity contribution in [3.8, 4) is 16.9 Å². The molecule has 0 amide bonds. The zero-order valence-electron chi connectivity index (χ0n) is 19.0. The van der Waals surface area contributed by atoms with Crippen molar-refractivity contribution in [2.45, 2.75) is 38.4 Å². The van der Waals surface area contributed by atoms with Crippen molar-refractivity contribution in [2.75, 3.05) is 0 Å². The zero-order valence-corrected chi connectivity index (χ0v) is 21.3. The van der Waals surface area contributed by atoms with E-state index in [1.54, 1.807) is 24.3 Å². The summed E-state index contributed by atoms with van der Waals surface area (Å²) in [5, 5.41) is 25.3. The molecule has 0 bridgehead atoms. The second-order valence-electron chi connectivity index (χ2n) is 8.20. The van der Waals surface area contributed by atoms with E-state index in [2.05, 4.69) is 10.1 Å². The molecule has 0 aliphatic heterocycles. The summed E-state index contributed by atoms with van der Waals surface area (Å²) in [6, 6.07) is 10.8. The Morgan fingerprint density at radius 1 is 1.00 bits per heavy atom. The molecule has 196 valence electrons. The third-order valence-electron chi connectivity index (χ3n) is 5.37. The van der Waals surface area contributed by atoms with Crippen molar-refractivity contribution in [1.29, 1.82) is 0 Å². The molecule has 0 saturated heterocycles. The van der Waals surface area contributed by atoms with Gasteiger partial charge in [0.2, 0.25) is 0 Å². The third kappa shape index (κ3) is 6.02. The smallest absolute Gasteiger partial charge is 0.385 e. The van der Waals surface area contributed by atoms with Gasteiger partial charge >= 0.3 is 11.9 Å². The van der Waals surface area contributed by atoms with Crippen LogP contribution >= 0.6 is 34.8 Å². The first-order valence-electron chi connectivity index (χ1n) is 10.7. The van der Waals surface area contributed by atoms with Crippen molar-refractivity contribution < 1.29 is 23.4 Å². The molecule has 0 radical (unpaired) electrons. The summed E-state index contributed by atoms with van der Waals surface area (Å²) in [5.41, 5.74) is 0.120. The minimum absolute atomic E-state index is 0.0882. The summed E-state index contributed by atoms with van der Waals surface area (Å²) in [6.45, 7) is 0.209. The van der Waals surface area contributed by atoms with Gasteiger partial charge in [-0.3, -0.25) is 9.13 Å². The molecule has 0 spiro atoms. The molecule has 8 nitrogen and oxygen atoms in total. The summed E-state index contributed by atoms with van der Waals surface area (Å²) in [5.74, 6) is 0.219. The summed E-state index contributed by atoms with van der Waals surface area (Å²) >= 11 is 18.1. The van der Waals surface area contributed by atoms with Crippen LogP contribution in [-0.2, 0) is 13.1 Å². The Balaban J connectivity index is 1.78. The van der Waals surface area contributed by atoms with Crippen LogP contribution in [0.4, 0.5) is 13.2 Å². The molecule has 4 aromatic rings. The highest BCUT2D eigenvalue weighted by atomic mass is 35.5. The van der Waals surface area contributed by atoms with Crippen LogP contribution in [0.3, 0.4) is 0 Å². The van der Waals surface area contributed by atoms with Gasteiger partial charge < -0.3 is 10.2 Å². The van der Waals surface area contributed by atoms with Gasteiger partial charge in [0.1, 0.15) is 6.10 Å². The summed E-state index contributed by atoms with van der Waals surface area (Å²) < 4.78 is 42.5. The summed E-state index contributed by atoms with van der Waals surface area (Å²) in [7, 11) is 0. The second-order valence-corrected chi connectivity index (χ2v) is 9.51. The number of rotatable bonds is 7. The Labute approximate surface area is 223 Å². The predicted octanol–water partition coefficient (Wildman–Crippen LogP) is 4.88. The molecule has 37 heavy (non-hydrogen) atoms. The van der Waals surface area contributed by atoms with E-state index in [1.807, 2.05) is 0 Å². The van der Waals surface area contributed by atoms with Gasteiger partial charge in [-0.15, -0.1) is 5.10 Å². The lowest BCUT2D eigenvalue weighted by Crippen LogP contribution is -2.37. The van der Waals surface area contributed by atoms with Crippen LogP contribution in [0.1, 0.15) is 24.7 Å². The monoisotopic (exact) mass is 575 g/mol. The van der Waals surface area contributed by atoms with Gasteiger partial charge in [0.15, 0.2) is 17.8 Å². The lowest BCUT2D eigenvalue weighted by atomic mass is 10.1. The number of nitrogens with zero attached hydrogens (tertiary/aromatic N) is 5. The molecule has 4 rings (SSSR count). The lowest BCUT2D eigenvalue weighted by Gasteiger charge is -2.16. The van der Waals surface area contributed by atoms with Crippen molar-refractivity contribution in [1.82, 2.24) is 23.9 Å². The van der Waals surface area contributed by atoms with E-state index in [4.69, 9.17) is 34.8 Å². The van der Waals surface area contributed by atoms with Gasteiger partial charge in [0.05, 0.1) is 24.5 Å². The molecule has 2 heterocycles. The van der Waals surface area contributed by atoms with E-state index in [1.165, 1.54) is 36.0 Å². The molecule has 2 aromatic heterocycles. The largest absolute Gasteiger partial charge is 0.416 e. The lowest BCUT2D eigenvalue weighted by molar-refractivity contribution is -0.207. The van der Waals surface area contributed by atoms with Crippen LogP contribution < -0.4 is 5.69 Å². The zero-order chi connectivity index (χ0) is 27.1. The molecule has 2 atom stereocenters. The van der Waals surface area contributed by atoms with Gasteiger partial charge in [0, 0.05) is 21.3 Å². The molecule has 0 aliphatic carbocycles. The van der Waals surface area contributed by atoms with Crippen molar-refractivity contribution >= 4 is 34.8 Å². The van der Waals surface area contributed by atoms with E-state index >= 15 is 0 Å². The molecule has 14 heteroatoms. The van der Waals surface area contributed by atoms with Crippen molar-refractivity contribution in [3.05, 3.63) is 85.9 Å². The highest BCUT2D eigenvalue weighted by Gasteiger charge is 2.39. The van der Waals surface area contributed by atoms with Gasteiger partial charge in [-0.25, -0.2) is 14.5 Å². The summed E-state index contributed by atoms with van der Waals surface area (Å²) in [6.07, 6.45) is -7.41. The number of benzene rings is 2. The van der Waals surface area contributed by atoms with Crippen LogP contribution in [0.25, 0.3) is 16.9 Å². The van der Waals surface area contributed by atoms with E-state index in [0.29, 0.717) is 26.3 Å². The fourth-order valence-corrected chi connectivity index (χ4v) is 4.30. The number of halogens is 6. The number of aromatic nitrogens is 5. The Morgan fingerprint density at radius 2 is 1.62 bits per heavy atom. The first kappa shape index (κ1) is 27.2. The molecule has 0 aliphatic rings. The van der Waals surface area contributed by atoms with Crippen LogP contribution in [0, 0.1) is 0 Å². The molecule has 0 fully saturated rings. The Morgan fingerprint density at radius 3 is 2.19 bits per heavy atom. The van der Waals surface area contributed by atoms with E-state index in [9.17, 15) is 28.2 Å². The van der Waals surface area contributed by atoms with E-state index < -0.39 is 30.6 Å². The standard InChI is InChI=1S/C23H19Cl3F3N5O3/c1-12(35)21-30-20(31-34(21)17-7-15(25)6-16(26)8-17)11-32-9-18(13-2-4-14(24)5-3-13)33(22(32)37)10-19(36)23(27,28)29/h2-9,12,19,35-36H,10-11H2,1H3. The Kier molecular flexibility index (Phi) is 7.72. The Hall–Kier alpha value is -2.83. The third-order valence-corrected chi connectivity index (χ3v) is 6.06. The van der Waals surface area contributed by atoms with Gasteiger partial charge in [-0.1, -0.05) is 46.9 Å². The maximum Gasteiger partial charge on any atom is 0.416 e. The number of hydrogen-bond donors (Lipinski definition) is 2. The topological polar surface area (TPSA) is 98.1 Å². The van der Waals surface area contributed by atoms with Crippen LogP contribution in [0.15, 0.2) is 53.5 Å². The highest BCUT2D eigenvalue weighted by molar-refractivity contribution is 6.34. The fraction of sp³-hybridized carbons (Fsp3) is 0.261. The van der Waals surface area contributed by atoms with Gasteiger partial charge in [-0.2, -0.15) is 13.2 Å². The van der Waals surface area contributed by atoms with Gasteiger partial charge in [0.25, 0.3) is 0 Å².